The van der Waals surface area contributed by atoms with E-state index in [1.165, 1.54) is 79.3 Å². The zero-order valence-electron chi connectivity index (χ0n) is 32.3. The number of thiophene rings is 2. The fraction of sp³-hybridized carbons (Fsp3) is 0. The first kappa shape index (κ1) is 33.3. The Hall–Kier alpha value is -7.58. The molecule has 0 unspecified atom stereocenters. The molecular weight excluding hydrogens is 783 g/mol. The average Bonchev–Trinajstić information content (AvgIpc) is 4.01. The maximum Gasteiger partial charge on any atom is 0.178 e. The Morgan fingerprint density at radius 3 is 1.90 bits per heavy atom. The molecule has 0 atom stereocenters. The molecule has 8 aromatic carbocycles. The number of para-hydroxylation sites is 1. The quantitative estimate of drug-likeness (QED) is 0.131. The maximum absolute atomic E-state index is 5.34. The van der Waals surface area contributed by atoms with Crippen molar-refractivity contribution in [2.45, 2.75) is 0 Å². The number of rotatable bonds is 4. The number of hydrogen-bond donors (Lipinski definition) is 0. The second-order valence-electron chi connectivity index (χ2n) is 15.7. The van der Waals surface area contributed by atoms with E-state index in [0.29, 0.717) is 17.3 Å². The molecule has 0 spiro atoms. The molecule has 5 nitrogen and oxygen atoms in total. The van der Waals surface area contributed by atoms with Gasteiger partial charge >= 0.3 is 0 Å². The average molecular weight is 812 g/mol. The highest BCUT2D eigenvalue weighted by Gasteiger charge is 2.21. The van der Waals surface area contributed by atoms with Crippen LogP contribution in [0.2, 0.25) is 0 Å². The molecular formula is C54H29N5S2. The highest BCUT2D eigenvalue weighted by Crippen LogP contribution is 2.44. The van der Waals surface area contributed by atoms with Gasteiger partial charge in [-0.2, -0.15) is 0 Å². The van der Waals surface area contributed by atoms with Gasteiger partial charge in [-0.15, -0.1) is 22.7 Å². The zero-order chi connectivity index (χ0) is 39.8. The summed E-state index contributed by atoms with van der Waals surface area (Å²) < 4.78 is 7.21. The summed E-state index contributed by atoms with van der Waals surface area (Å²) in [4.78, 5) is 20.6. The summed E-state index contributed by atoms with van der Waals surface area (Å²) in [6.45, 7) is 0. The SMILES string of the molecule is c1ccc2c(c1)sc1cnc(-c3cc(-c4cccc5sc6ccccc6c45)nc(-c4ccc(-c5cccc6c5c5cccc7c8cccc9cccc(c98)n6c75)cc4)n3)nc12. The summed E-state index contributed by atoms with van der Waals surface area (Å²) in [5.74, 6) is 1.21. The van der Waals surface area contributed by atoms with Crippen LogP contribution in [0.15, 0.2) is 176 Å². The minimum Gasteiger partial charge on any atom is -0.308 e. The molecule has 7 heteroatoms. The van der Waals surface area contributed by atoms with E-state index < -0.39 is 0 Å². The van der Waals surface area contributed by atoms with E-state index in [1.54, 1.807) is 11.3 Å². The molecule has 0 amide bonds. The molecule has 0 fully saturated rings. The summed E-state index contributed by atoms with van der Waals surface area (Å²) in [5.41, 5.74) is 10.5. The van der Waals surface area contributed by atoms with E-state index in [4.69, 9.17) is 19.9 Å². The number of benzene rings is 8. The topological polar surface area (TPSA) is 56.0 Å². The lowest BCUT2D eigenvalue weighted by Crippen LogP contribution is -1.99. The summed E-state index contributed by atoms with van der Waals surface area (Å²) in [7, 11) is 0. The molecule has 14 aromatic rings. The van der Waals surface area contributed by atoms with Crippen LogP contribution in [0, 0.1) is 0 Å². The van der Waals surface area contributed by atoms with Gasteiger partial charge in [0.05, 0.1) is 32.5 Å². The Labute approximate surface area is 355 Å². The van der Waals surface area contributed by atoms with Gasteiger partial charge in [-0.3, -0.25) is 0 Å². The summed E-state index contributed by atoms with van der Waals surface area (Å²) >= 11 is 3.52. The number of nitrogens with zero attached hydrogens (tertiary/aromatic N) is 5. The molecule has 0 saturated carbocycles. The van der Waals surface area contributed by atoms with Crippen LogP contribution >= 0.6 is 22.7 Å². The van der Waals surface area contributed by atoms with E-state index >= 15 is 0 Å². The van der Waals surface area contributed by atoms with Crippen LogP contribution < -0.4 is 0 Å². The van der Waals surface area contributed by atoms with Gasteiger partial charge in [0.2, 0.25) is 0 Å². The van der Waals surface area contributed by atoms with Crippen LogP contribution in [0.5, 0.6) is 0 Å². The predicted octanol–water partition coefficient (Wildman–Crippen LogP) is 15.0. The summed E-state index contributed by atoms with van der Waals surface area (Å²) in [5, 5.41) is 11.2. The smallest absolute Gasteiger partial charge is 0.178 e. The molecule has 0 aliphatic rings. The molecule has 0 bridgehead atoms. The second-order valence-corrected chi connectivity index (χ2v) is 17.9. The van der Waals surface area contributed by atoms with Gasteiger partial charge in [-0.05, 0) is 58.3 Å². The highest BCUT2D eigenvalue weighted by atomic mass is 32.1. The third-order valence-corrected chi connectivity index (χ3v) is 14.7. The monoisotopic (exact) mass is 811 g/mol. The van der Waals surface area contributed by atoms with Gasteiger partial charge in [-0.25, -0.2) is 19.9 Å². The van der Waals surface area contributed by atoms with Gasteiger partial charge in [0.15, 0.2) is 11.6 Å². The van der Waals surface area contributed by atoms with Gasteiger partial charge < -0.3 is 4.40 Å². The third kappa shape index (κ3) is 4.75. The van der Waals surface area contributed by atoms with Crippen molar-refractivity contribution in [3.05, 3.63) is 176 Å². The second kappa shape index (κ2) is 12.5. The third-order valence-electron chi connectivity index (χ3n) is 12.4. The first-order valence-corrected chi connectivity index (χ1v) is 22.0. The fourth-order valence-corrected chi connectivity index (χ4v) is 12.0. The Bertz CT molecular complexity index is 4120. The molecule has 0 radical (unpaired) electrons. The number of fused-ring (bicyclic) bond motifs is 11. The molecule has 0 aliphatic heterocycles. The largest absolute Gasteiger partial charge is 0.308 e. The minimum atomic E-state index is 0.581. The Morgan fingerprint density at radius 1 is 0.393 bits per heavy atom. The van der Waals surface area contributed by atoms with Crippen LogP contribution in [-0.4, -0.2) is 24.3 Å². The van der Waals surface area contributed by atoms with E-state index in [2.05, 4.69) is 174 Å². The van der Waals surface area contributed by atoms with Gasteiger partial charge in [-0.1, -0.05) is 133 Å². The molecule has 0 saturated heterocycles. The van der Waals surface area contributed by atoms with E-state index in [-0.39, 0.29) is 0 Å². The first-order chi connectivity index (χ1) is 30.2. The van der Waals surface area contributed by atoms with Gasteiger partial charge in [0.25, 0.3) is 0 Å². The van der Waals surface area contributed by atoms with Crippen molar-refractivity contribution < 1.29 is 0 Å². The first-order valence-electron chi connectivity index (χ1n) is 20.4. The standard InChI is InChI=1S/C54H29N5S2/c1-3-21-44-37(12-1)50-36(17-9-23-46(50)60-44)40-28-41(54-55-29-47-51(58-54)38-13-2-4-22-45(38)61-47)57-53(56-40)32-26-24-30(25-27-32)33-14-8-20-43-49(33)39-18-7-16-35-34-15-5-10-31-11-6-19-42(48(31)34)59(43)52(35)39/h1-29H. The predicted molar refractivity (Wildman–Crippen MR) is 257 cm³/mol. The Balaban J connectivity index is 0.964. The molecule has 6 heterocycles. The van der Waals surface area contributed by atoms with Crippen molar-refractivity contribution in [2.24, 2.45) is 0 Å². The molecule has 6 aromatic heterocycles. The van der Waals surface area contributed by atoms with Gasteiger partial charge in [0.1, 0.15) is 5.69 Å². The Kier molecular flexibility index (Phi) is 6.80. The van der Waals surface area contributed by atoms with Gasteiger partial charge in [0, 0.05) is 69.1 Å². The van der Waals surface area contributed by atoms with Crippen molar-refractivity contribution in [1.82, 2.24) is 24.3 Å². The van der Waals surface area contributed by atoms with Crippen molar-refractivity contribution in [1.29, 1.82) is 0 Å². The van der Waals surface area contributed by atoms with Crippen molar-refractivity contribution in [3.8, 4) is 45.3 Å². The molecule has 14 rings (SSSR count). The van der Waals surface area contributed by atoms with E-state index in [9.17, 15) is 0 Å². The number of aromatic nitrogens is 5. The lowest BCUT2D eigenvalue weighted by Gasteiger charge is -2.12. The van der Waals surface area contributed by atoms with Crippen molar-refractivity contribution >= 4 is 112 Å². The van der Waals surface area contributed by atoms with Crippen LogP contribution in [0.25, 0.3) is 135 Å². The normalized spacial score (nSPS) is 12.3. The molecule has 0 N–H and O–H groups in total. The minimum absolute atomic E-state index is 0.581. The Morgan fingerprint density at radius 2 is 1.02 bits per heavy atom. The number of pyridine rings is 1. The number of hydrogen-bond acceptors (Lipinski definition) is 6. The van der Waals surface area contributed by atoms with Crippen LogP contribution in [0.1, 0.15) is 0 Å². The van der Waals surface area contributed by atoms with Crippen molar-refractivity contribution in [3.63, 3.8) is 0 Å². The van der Waals surface area contributed by atoms with E-state index in [0.717, 1.165) is 38.0 Å². The molecule has 61 heavy (non-hydrogen) atoms. The molecule has 282 valence electrons. The molecule has 0 aliphatic carbocycles. The van der Waals surface area contributed by atoms with Crippen LogP contribution in [-0.2, 0) is 0 Å². The lowest BCUT2D eigenvalue weighted by molar-refractivity contribution is 1.13. The highest BCUT2D eigenvalue weighted by molar-refractivity contribution is 7.26. The van der Waals surface area contributed by atoms with Crippen LogP contribution in [0.4, 0.5) is 0 Å². The summed E-state index contributed by atoms with van der Waals surface area (Å²) in [6, 6.07) is 61.1. The van der Waals surface area contributed by atoms with Crippen LogP contribution in [0.3, 0.4) is 0 Å². The van der Waals surface area contributed by atoms with E-state index in [1.807, 2.05) is 17.5 Å². The van der Waals surface area contributed by atoms with Crippen molar-refractivity contribution in [2.75, 3.05) is 0 Å². The zero-order valence-corrected chi connectivity index (χ0v) is 33.9. The fourth-order valence-electron chi connectivity index (χ4n) is 9.80. The summed E-state index contributed by atoms with van der Waals surface area (Å²) in [6.07, 6.45) is 1.94. The lowest BCUT2D eigenvalue weighted by atomic mass is 9.97. The maximum atomic E-state index is 5.34.